The van der Waals surface area contributed by atoms with E-state index < -0.39 is 9.84 Å². The molecule has 0 atom stereocenters. The fourth-order valence-corrected chi connectivity index (χ4v) is 1.88. The molecule has 0 fully saturated rings. The molecule has 0 aromatic heterocycles. The highest BCUT2D eigenvalue weighted by atomic mass is 32.2. The lowest BCUT2D eigenvalue weighted by molar-refractivity contribution is 0.615. The molecule has 0 amide bonds. The van der Waals surface area contributed by atoms with Gasteiger partial charge in [0.05, 0.1) is 0 Å². The summed E-state index contributed by atoms with van der Waals surface area (Å²) in [5.41, 5.74) is 0. The molecule has 17 heavy (non-hydrogen) atoms. The molecule has 0 rings (SSSR count). The fourth-order valence-electron chi connectivity index (χ4n) is 1.24. The van der Waals surface area contributed by atoms with E-state index in [-0.39, 0.29) is 0 Å². The van der Waals surface area contributed by atoms with Crippen molar-refractivity contribution in [2.45, 2.75) is 65.2 Å². The maximum absolute atomic E-state index is 11.3. The van der Waals surface area contributed by atoms with Crippen LogP contribution in [0.5, 0.6) is 0 Å². The lowest BCUT2D eigenvalue weighted by Gasteiger charge is -1.88. The third-order valence-electron chi connectivity index (χ3n) is 2.22. The van der Waals surface area contributed by atoms with Gasteiger partial charge >= 0.3 is 0 Å². The zero-order chi connectivity index (χ0) is 13.0. The normalized spacial score (nSPS) is 10.0. The Morgan fingerprint density at radius 1 is 0.765 bits per heavy atom. The predicted molar refractivity (Wildman–Crippen MR) is 72.8 cm³/mol. The molecular formula is C14H22O2S. The molecule has 0 radical (unpaired) electrons. The molecule has 0 aliphatic carbocycles. The summed E-state index contributed by atoms with van der Waals surface area (Å²) in [6.45, 7) is 4.21. The number of sulfone groups is 1. The highest BCUT2D eigenvalue weighted by molar-refractivity contribution is 8.00. The minimum atomic E-state index is -3.48. The zero-order valence-corrected chi connectivity index (χ0v) is 11.7. The molecule has 0 spiro atoms. The van der Waals surface area contributed by atoms with Gasteiger partial charge in [-0.15, -0.1) is 0 Å². The quantitative estimate of drug-likeness (QED) is 0.413. The largest absolute Gasteiger partial charge is 0.284 e. The molecule has 0 saturated heterocycles. The zero-order valence-electron chi connectivity index (χ0n) is 10.9. The first-order valence-electron chi connectivity index (χ1n) is 6.36. The fraction of sp³-hybridized carbons (Fsp3) is 0.714. The van der Waals surface area contributed by atoms with Gasteiger partial charge in [-0.1, -0.05) is 51.4 Å². The van der Waals surface area contributed by atoms with E-state index in [9.17, 15) is 8.42 Å². The summed E-state index contributed by atoms with van der Waals surface area (Å²) in [4.78, 5) is 0. The topological polar surface area (TPSA) is 34.1 Å². The average molecular weight is 254 g/mol. The van der Waals surface area contributed by atoms with Crippen molar-refractivity contribution in [3.63, 3.8) is 0 Å². The van der Waals surface area contributed by atoms with Gasteiger partial charge in [-0.2, -0.15) is 0 Å². The highest BCUT2D eigenvalue weighted by Crippen LogP contribution is 1.98. The van der Waals surface area contributed by atoms with Crippen LogP contribution in [0.3, 0.4) is 0 Å². The number of rotatable bonds is 6. The number of hydrogen-bond donors (Lipinski definition) is 0. The second-order valence-electron chi connectivity index (χ2n) is 3.98. The van der Waals surface area contributed by atoms with E-state index >= 15 is 0 Å². The van der Waals surface area contributed by atoms with Gasteiger partial charge < -0.3 is 0 Å². The van der Waals surface area contributed by atoms with E-state index in [0.717, 1.165) is 38.5 Å². The molecule has 0 aromatic carbocycles. The van der Waals surface area contributed by atoms with Crippen LogP contribution in [0.4, 0.5) is 0 Å². The van der Waals surface area contributed by atoms with Gasteiger partial charge in [-0.3, -0.25) is 0 Å². The maximum atomic E-state index is 11.3. The van der Waals surface area contributed by atoms with Crippen LogP contribution >= 0.6 is 0 Å². The van der Waals surface area contributed by atoms with Crippen LogP contribution in [-0.2, 0) is 9.84 Å². The molecular weight excluding hydrogens is 232 g/mol. The molecule has 96 valence electrons. The summed E-state index contributed by atoms with van der Waals surface area (Å²) in [6.07, 6.45) is 7.63. The van der Waals surface area contributed by atoms with Crippen LogP contribution in [0.15, 0.2) is 0 Å². The van der Waals surface area contributed by atoms with E-state index in [1.807, 2.05) is 0 Å². The highest BCUT2D eigenvalue weighted by Gasteiger charge is 1.97. The smallest absolute Gasteiger partial charge is 0.202 e. The minimum Gasteiger partial charge on any atom is -0.202 e. The number of hydrogen-bond acceptors (Lipinski definition) is 2. The summed E-state index contributed by atoms with van der Waals surface area (Å²) in [5.74, 6) is 5.34. The van der Waals surface area contributed by atoms with Crippen molar-refractivity contribution < 1.29 is 8.42 Å². The summed E-state index contributed by atoms with van der Waals surface area (Å²) in [7, 11) is -3.48. The molecule has 0 aliphatic heterocycles. The standard InChI is InChI=1S/C14H22O2S/c1-3-5-7-9-11-13-17(15,16)14-12-10-8-6-4-2/h3-10H2,1-2H3. The summed E-state index contributed by atoms with van der Waals surface area (Å²) >= 11 is 0. The summed E-state index contributed by atoms with van der Waals surface area (Å²) < 4.78 is 22.7. The monoisotopic (exact) mass is 254 g/mol. The second-order valence-corrected chi connectivity index (χ2v) is 5.39. The lowest BCUT2D eigenvalue weighted by atomic mass is 10.2. The van der Waals surface area contributed by atoms with Crippen LogP contribution in [0.25, 0.3) is 0 Å². The Kier molecular flexibility index (Phi) is 9.68. The molecule has 0 bridgehead atoms. The van der Waals surface area contributed by atoms with Gasteiger partial charge in [0.25, 0.3) is 9.84 Å². The third kappa shape index (κ3) is 11.3. The third-order valence-corrected chi connectivity index (χ3v) is 3.05. The molecule has 2 nitrogen and oxygen atoms in total. The molecule has 0 heterocycles. The Morgan fingerprint density at radius 2 is 1.18 bits per heavy atom. The van der Waals surface area contributed by atoms with Gasteiger partial charge in [0.1, 0.15) is 0 Å². The Hall–Kier alpha value is -0.930. The molecule has 0 saturated carbocycles. The number of unbranched alkanes of at least 4 members (excludes halogenated alkanes) is 6. The average Bonchev–Trinajstić information content (AvgIpc) is 2.28. The van der Waals surface area contributed by atoms with Crippen LogP contribution in [-0.4, -0.2) is 8.42 Å². The van der Waals surface area contributed by atoms with Crippen molar-refractivity contribution in [2.75, 3.05) is 0 Å². The van der Waals surface area contributed by atoms with E-state index in [1.54, 1.807) is 0 Å². The summed E-state index contributed by atoms with van der Waals surface area (Å²) in [6, 6.07) is 0. The van der Waals surface area contributed by atoms with Gasteiger partial charge in [0.2, 0.25) is 0 Å². The Morgan fingerprint density at radius 3 is 1.53 bits per heavy atom. The van der Waals surface area contributed by atoms with Crippen molar-refractivity contribution in [3.05, 3.63) is 0 Å². The first-order valence-corrected chi connectivity index (χ1v) is 7.85. The van der Waals surface area contributed by atoms with E-state index in [1.165, 1.54) is 0 Å². The maximum Gasteiger partial charge on any atom is 0.284 e. The van der Waals surface area contributed by atoms with Gasteiger partial charge in [0, 0.05) is 23.3 Å². The molecule has 0 N–H and O–H groups in total. The van der Waals surface area contributed by atoms with Crippen LogP contribution in [0.2, 0.25) is 0 Å². The predicted octanol–water partition coefficient (Wildman–Crippen LogP) is 3.48. The van der Waals surface area contributed by atoms with Crippen molar-refractivity contribution in [2.24, 2.45) is 0 Å². The van der Waals surface area contributed by atoms with Crippen LogP contribution < -0.4 is 0 Å². The SMILES string of the molecule is CCCCCC#CS(=O)(=O)C#CCCCCC. The van der Waals surface area contributed by atoms with E-state index in [0.29, 0.717) is 12.8 Å². The second kappa shape index (κ2) is 10.2. The Balaban J connectivity index is 4.01. The molecule has 3 heteroatoms. The molecule has 0 aromatic rings. The van der Waals surface area contributed by atoms with Crippen molar-refractivity contribution in [1.29, 1.82) is 0 Å². The summed E-state index contributed by atoms with van der Waals surface area (Å²) in [5, 5.41) is 4.51. The first kappa shape index (κ1) is 16.1. The minimum absolute atomic E-state index is 0.643. The first-order chi connectivity index (χ1) is 8.12. The van der Waals surface area contributed by atoms with Crippen molar-refractivity contribution >= 4 is 9.84 Å². The van der Waals surface area contributed by atoms with Gasteiger partial charge in [-0.25, -0.2) is 8.42 Å². The molecule has 0 unspecified atom stereocenters. The Labute approximate surface area is 106 Å². The van der Waals surface area contributed by atoms with Crippen molar-refractivity contribution in [3.8, 4) is 22.3 Å². The van der Waals surface area contributed by atoms with Gasteiger partial charge in [-0.05, 0) is 12.8 Å². The Bertz CT molecular complexity index is 365. The molecule has 0 aliphatic rings. The van der Waals surface area contributed by atoms with Crippen LogP contribution in [0, 0.1) is 22.3 Å². The van der Waals surface area contributed by atoms with Gasteiger partial charge in [0.15, 0.2) is 0 Å². The van der Waals surface area contributed by atoms with Crippen molar-refractivity contribution in [1.82, 2.24) is 0 Å². The lowest BCUT2D eigenvalue weighted by Crippen LogP contribution is -1.89. The van der Waals surface area contributed by atoms with Crippen LogP contribution in [0.1, 0.15) is 65.2 Å². The van der Waals surface area contributed by atoms with E-state index in [2.05, 4.69) is 36.2 Å². The van der Waals surface area contributed by atoms with E-state index in [4.69, 9.17) is 0 Å².